The summed E-state index contributed by atoms with van der Waals surface area (Å²) in [6.45, 7) is 2.24. The molecule has 0 fully saturated rings. The summed E-state index contributed by atoms with van der Waals surface area (Å²) in [5.41, 5.74) is 0. The Morgan fingerprint density at radius 2 is 2.00 bits per heavy atom. The van der Waals surface area contributed by atoms with Gasteiger partial charge in [-0.05, 0) is 12.1 Å². The molecule has 0 bridgehead atoms. The SMILES string of the molecule is OCCOCCNCc1ccc(CO)o1. The van der Waals surface area contributed by atoms with E-state index >= 15 is 0 Å². The Balaban J connectivity index is 2.04. The first kappa shape index (κ1) is 12.2. The van der Waals surface area contributed by atoms with Gasteiger partial charge in [-0.2, -0.15) is 0 Å². The van der Waals surface area contributed by atoms with Gasteiger partial charge in [0.05, 0.1) is 26.4 Å². The first-order valence-corrected chi connectivity index (χ1v) is 4.94. The summed E-state index contributed by atoms with van der Waals surface area (Å²) in [5.74, 6) is 1.37. The van der Waals surface area contributed by atoms with Gasteiger partial charge in [0.2, 0.25) is 0 Å². The van der Waals surface area contributed by atoms with Gasteiger partial charge in [-0.15, -0.1) is 0 Å². The number of hydrogen-bond acceptors (Lipinski definition) is 5. The molecule has 15 heavy (non-hydrogen) atoms. The molecule has 1 aromatic heterocycles. The Morgan fingerprint density at radius 3 is 2.67 bits per heavy atom. The van der Waals surface area contributed by atoms with Crippen molar-refractivity contribution in [1.82, 2.24) is 5.32 Å². The molecule has 0 saturated carbocycles. The summed E-state index contributed by atoms with van der Waals surface area (Å²) < 4.78 is 10.3. The van der Waals surface area contributed by atoms with Crippen LogP contribution in [-0.2, 0) is 17.9 Å². The summed E-state index contributed by atoms with van der Waals surface area (Å²) in [4.78, 5) is 0. The largest absolute Gasteiger partial charge is 0.462 e. The van der Waals surface area contributed by atoms with Gasteiger partial charge in [0.25, 0.3) is 0 Å². The summed E-state index contributed by atoms with van der Waals surface area (Å²) in [6, 6.07) is 3.58. The fraction of sp³-hybridized carbons (Fsp3) is 0.600. The lowest BCUT2D eigenvalue weighted by atomic mass is 10.4. The average molecular weight is 215 g/mol. The molecule has 0 aliphatic heterocycles. The third kappa shape index (κ3) is 4.94. The van der Waals surface area contributed by atoms with E-state index in [1.54, 1.807) is 6.07 Å². The summed E-state index contributed by atoms with van der Waals surface area (Å²) >= 11 is 0. The van der Waals surface area contributed by atoms with Gasteiger partial charge in [0.1, 0.15) is 18.1 Å². The first-order valence-electron chi connectivity index (χ1n) is 4.94. The molecule has 5 nitrogen and oxygen atoms in total. The second-order valence-electron chi connectivity index (χ2n) is 3.04. The summed E-state index contributed by atoms with van der Waals surface area (Å²) in [5, 5.41) is 20.3. The van der Waals surface area contributed by atoms with E-state index < -0.39 is 0 Å². The smallest absolute Gasteiger partial charge is 0.129 e. The van der Waals surface area contributed by atoms with Gasteiger partial charge in [-0.3, -0.25) is 0 Å². The van der Waals surface area contributed by atoms with Crippen LogP contribution in [0.5, 0.6) is 0 Å². The molecular formula is C10H17NO4. The maximum Gasteiger partial charge on any atom is 0.129 e. The highest BCUT2D eigenvalue weighted by atomic mass is 16.5. The fourth-order valence-electron chi connectivity index (χ4n) is 1.12. The van der Waals surface area contributed by atoms with Crippen LogP contribution in [0.25, 0.3) is 0 Å². The lowest BCUT2D eigenvalue weighted by Gasteiger charge is -2.03. The molecule has 3 N–H and O–H groups in total. The normalized spacial score (nSPS) is 10.8. The standard InChI is InChI=1S/C10H17NO4/c12-4-6-14-5-3-11-7-9-1-2-10(8-13)15-9/h1-2,11-13H,3-8H2. The Hall–Kier alpha value is -0.880. The van der Waals surface area contributed by atoms with E-state index in [0.29, 0.717) is 32.1 Å². The molecule has 5 heteroatoms. The van der Waals surface area contributed by atoms with Crippen LogP contribution in [0.15, 0.2) is 16.5 Å². The lowest BCUT2D eigenvalue weighted by Crippen LogP contribution is -2.19. The van der Waals surface area contributed by atoms with Crippen molar-refractivity contribution < 1.29 is 19.4 Å². The van der Waals surface area contributed by atoms with Gasteiger partial charge in [-0.1, -0.05) is 0 Å². The van der Waals surface area contributed by atoms with Gasteiger partial charge >= 0.3 is 0 Å². The Morgan fingerprint density at radius 1 is 1.20 bits per heavy atom. The van der Waals surface area contributed by atoms with Gasteiger partial charge in [-0.25, -0.2) is 0 Å². The predicted octanol–water partition coefficient (Wildman–Crippen LogP) is -0.130. The number of aliphatic hydroxyl groups excluding tert-OH is 2. The minimum Gasteiger partial charge on any atom is -0.462 e. The summed E-state index contributed by atoms with van der Waals surface area (Å²) in [6.07, 6.45) is 0. The van der Waals surface area contributed by atoms with Crippen LogP contribution >= 0.6 is 0 Å². The molecule has 0 amide bonds. The molecule has 0 unspecified atom stereocenters. The molecule has 0 radical (unpaired) electrons. The predicted molar refractivity (Wildman–Crippen MR) is 54.2 cm³/mol. The van der Waals surface area contributed by atoms with Crippen molar-refractivity contribution >= 4 is 0 Å². The van der Waals surface area contributed by atoms with E-state index in [9.17, 15) is 0 Å². The molecule has 86 valence electrons. The second-order valence-corrected chi connectivity index (χ2v) is 3.04. The highest BCUT2D eigenvalue weighted by Crippen LogP contribution is 2.06. The van der Waals surface area contributed by atoms with Crippen LogP contribution in [0, 0.1) is 0 Å². The van der Waals surface area contributed by atoms with E-state index in [1.807, 2.05) is 6.07 Å². The second kappa shape index (κ2) is 7.42. The Labute approximate surface area is 88.7 Å². The van der Waals surface area contributed by atoms with Crippen molar-refractivity contribution in [3.8, 4) is 0 Å². The number of nitrogens with one attached hydrogen (secondary N) is 1. The van der Waals surface area contributed by atoms with Crippen LogP contribution in [0.1, 0.15) is 11.5 Å². The number of hydrogen-bond donors (Lipinski definition) is 3. The molecule has 0 saturated heterocycles. The zero-order valence-corrected chi connectivity index (χ0v) is 8.61. The first-order chi connectivity index (χ1) is 7.36. The van der Waals surface area contributed by atoms with Crippen molar-refractivity contribution in [2.24, 2.45) is 0 Å². The third-order valence-corrected chi connectivity index (χ3v) is 1.83. The van der Waals surface area contributed by atoms with Crippen LogP contribution < -0.4 is 5.32 Å². The van der Waals surface area contributed by atoms with Crippen LogP contribution in [0.4, 0.5) is 0 Å². The van der Waals surface area contributed by atoms with E-state index in [0.717, 1.165) is 5.76 Å². The number of ether oxygens (including phenoxy) is 1. The minimum atomic E-state index is -0.0698. The highest BCUT2D eigenvalue weighted by Gasteiger charge is 1.99. The zero-order chi connectivity index (χ0) is 10.9. The highest BCUT2D eigenvalue weighted by molar-refractivity contribution is 5.05. The van der Waals surface area contributed by atoms with E-state index in [1.165, 1.54) is 0 Å². The number of aliphatic hydroxyl groups is 2. The fourth-order valence-corrected chi connectivity index (χ4v) is 1.12. The van der Waals surface area contributed by atoms with Gasteiger partial charge < -0.3 is 24.7 Å². The molecule has 1 aromatic rings. The average Bonchev–Trinajstić information content (AvgIpc) is 2.71. The van der Waals surface area contributed by atoms with Crippen molar-refractivity contribution in [3.05, 3.63) is 23.7 Å². The zero-order valence-electron chi connectivity index (χ0n) is 8.61. The van der Waals surface area contributed by atoms with Crippen LogP contribution in [0.2, 0.25) is 0 Å². The van der Waals surface area contributed by atoms with Gasteiger partial charge in [0.15, 0.2) is 0 Å². The van der Waals surface area contributed by atoms with E-state index in [-0.39, 0.29) is 13.2 Å². The molecule has 0 spiro atoms. The van der Waals surface area contributed by atoms with Crippen molar-refractivity contribution in [2.75, 3.05) is 26.4 Å². The monoisotopic (exact) mass is 215 g/mol. The maximum absolute atomic E-state index is 8.76. The van der Waals surface area contributed by atoms with Gasteiger partial charge in [0, 0.05) is 6.54 Å². The van der Waals surface area contributed by atoms with Crippen LogP contribution in [0.3, 0.4) is 0 Å². The van der Waals surface area contributed by atoms with E-state index in [4.69, 9.17) is 19.4 Å². The Bertz CT molecular complexity index is 262. The Kier molecular flexibility index (Phi) is 6.03. The number of rotatable bonds is 8. The molecular weight excluding hydrogens is 198 g/mol. The molecule has 0 aromatic carbocycles. The van der Waals surface area contributed by atoms with Crippen molar-refractivity contribution in [3.63, 3.8) is 0 Å². The number of furan rings is 1. The lowest BCUT2D eigenvalue weighted by molar-refractivity contribution is 0.0935. The maximum atomic E-state index is 8.76. The van der Waals surface area contributed by atoms with Crippen LogP contribution in [-0.4, -0.2) is 36.6 Å². The third-order valence-electron chi connectivity index (χ3n) is 1.83. The summed E-state index contributed by atoms with van der Waals surface area (Å²) in [7, 11) is 0. The molecule has 1 rings (SSSR count). The van der Waals surface area contributed by atoms with Crippen molar-refractivity contribution in [2.45, 2.75) is 13.2 Å². The van der Waals surface area contributed by atoms with Crippen molar-refractivity contribution in [1.29, 1.82) is 0 Å². The molecule has 1 heterocycles. The van der Waals surface area contributed by atoms with E-state index in [2.05, 4.69) is 5.32 Å². The topological polar surface area (TPSA) is 74.9 Å². The molecule has 0 atom stereocenters. The molecule has 0 aliphatic carbocycles. The quantitative estimate of drug-likeness (QED) is 0.527. The molecule has 0 aliphatic rings. The minimum absolute atomic E-state index is 0.0536.